The van der Waals surface area contributed by atoms with Gasteiger partial charge in [0.25, 0.3) is 5.89 Å². The van der Waals surface area contributed by atoms with Gasteiger partial charge < -0.3 is 13.8 Å². The van der Waals surface area contributed by atoms with Crippen molar-refractivity contribution in [1.82, 2.24) is 15.3 Å². The van der Waals surface area contributed by atoms with E-state index in [0.717, 1.165) is 5.56 Å². The molecule has 130 valence electrons. The summed E-state index contributed by atoms with van der Waals surface area (Å²) in [6.07, 6.45) is 0. The summed E-state index contributed by atoms with van der Waals surface area (Å²) in [6, 6.07) is 7.96. The van der Waals surface area contributed by atoms with Gasteiger partial charge in [0.1, 0.15) is 11.3 Å². The molecule has 0 saturated heterocycles. The average Bonchev–Trinajstić information content (AvgIpc) is 3.20. The number of ether oxygens (including phenoxy) is 1. The van der Waals surface area contributed by atoms with E-state index < -0.39 is 5.97 Å². The third-order valence-electron chi connectivity index (χ3n) is 3.87. The van der Waals surface area contributed by atoms with E-state index >= 15 is 0 Å². The van der Waals surface area contributed by atoms with Crippen molar-refractivity contribution in [2.45, 2.75) is 40.2 Å². The summed E-state index contributed by atoms with van der Waals surface area (Å²) in [7, 11) is 0. The molecule has 7 nitrogen and oxygen atoms in total. The van der Waals surface area contributed by atoms with Crippen LogP contribution in [0.4, 0.5) is 0 Å². The van der Waals surface area contributed by atoms with Gasteiger partial charge in [0.05, 0.1) is 5.69 Å². The number of carbonyl (C=O) groups excluding carboxylic acids is 1. The molecule has 7 heteroatoms. The molecule has 0 N–H and O–H groups in total. The molecular formula is C18H19N3O4. The molecule has 0 aliphatic rings. The molecule has 3 aromatic rings. The molecule has 2 heterocycles. The van der Waals surface area contributed by atoms with Crippen LogP contribution in [0.2, 0.25) is 0 Å². The fourth-order valence-electron chi connectivity index (χ4n) is 2.42. The van der Waals surface area contributed by atoms with Gasteiger partial charge in [0.15, 0.2) is 6.61 Å². The molecule has 0 atom stereocenters. The predicted octanol–water partition coefficient (Wildman–Crippen LogP) is 3.82. The van der Waals surface area contributed by atoms with Crippen LogP contribution in [0.5, 0.6) is 0 Å². The van der Waals surface area contributed by atoms with Crippen LogP contribution in [0.25, 0.3) is 11.4 Å². The van der Waals surface area contributed by atoms with Crippen molar-refractivity contribution in [1.29, 1.82) is 0 Å². The van der Waals surface area contributed by atoms with Crippen LogP contribution >= 0.6 is 0 Å². The Morgan fingerprint density at radius 1 is 1.12 bits per heavy atom. The van der Waals surface area contributed by atoms with Gasteiger partial charge in [-0.1, -0.05) is 48.4 Å². The number of benzene rings is 1. The summed E-state index contributed by atoms with van der Waals surface area (Å²) in [5.74, 6) is 1.02. The lowest BCUT2D eigenvalue weighted by molar-refractivity contribution is 0.0427. The smallest absolute Gasteiger partial charge is 0.344 e. The summed E-state index contributed by atoms with van der Waals surface area (Å²) in [6.45, 7) is 7.49. The van der Waals surface area contributed by atoms with E-state index in [1.54, 1.807) is 13.8 Å². The maximum absolute atomic E-state index is 12.1. The molecule has 0 radical (unpaired) electrons. The highest BCUT2D eigenvalue weighted by molar-refractivity contribution is 5.91. The van der Waals surface area contributed by atoms with Crippen molar-refractivity contribution >= 4 is 5.97 Å². The Balaban J connectivity index is 1.67. The third kappa shape index (κ3) is 3.60. The fourth-order valence-corrected chi connectivity index (χ4v) is 2.42. The number of nitrogens with zero attached hydrogens (tertiary/aromatic N) is 3. The Morgan fingerprint density at radius 3 is 2.44 bits per heavy atom. The van der Waals surface area contributed by atoms with E-state index in [1.807, 2.05) is 24.3 Å². The summed E-state index contributed by atoms with van der Waals surface area (Å²) < 4.78 is 15.3. The van der Waals surface area contributed by atoms with Gasteiger partial charge in [-0.05, 0) is 25.3 Å². The van der Waals surface area contributed by atoms with Crippen molar-refractivity contribution in [2.24, 2.45) is 0 Å². The first-order valence-corrected chi connectivity index (χ1v) is 7.98. The van der Waals surface area contributed by atoms with Crippen LogP contribution in [-0.4, -0.2) is 21.3 Å². The molecule has 0 spiro atoms. The highest BCUT2D eigenvalue weighted by Gasteiger charge is 2.20. The third-order valence-corrected chi connectivity index (χ3v) is 3.87. The van der Waals surface area contributed by atoms with E-state index in [2.05, 4.69) is 29.1 Å². The monoisotopic (exact) mass is 341 g/mol. The second kappa shape index (κ2) is 6.88. The second-order valence-corrected chi connectivity index (χ2v) is 6.06. The fraction of sp³-hybridized carbons (Fsp3) is 0.333. The first-order valence-electron chi connectivity index (χ1n) is 7.98. The summed E-state index contributed by atoms with van der Waals surface area (Å²) in [4.78, 5) is 16.3. The highest BCUT2D eigenvalue weighted by atomic mass is 16.6. The Bertz CT molecular complexity index is 859. The standard InChI is InChI=1S/C18H19N3O4/c1-10(2)13-5-7-14(8-6-13)17-19-15(25-21-17)9-23-18(22)16-11(3)20-24-12(16)4/h5-8,10H,9H2,1-4H3. The van der Waals surface area contributed by atoms with Crippen molar-refractivity contribution < 1.29 is 18.6 Å². The van der Waals surface area contributed by atoms with Crippen LogP contribution in [0.15, 0.2) is 33.3 Å². The van der Waals surface area contributed by atoms with Gasteiger partial charge in [-0.2, -0.15) is 4.98 Å². The number of hydrogen-bond donors (Lipinski definition) is 0. The molecule has 2 aromatic heterocycles. The molecule has 0 unspecified atom stereocenters. The Morgan fingerprint density at radius 2 is 1.84 bits per heavy atom. The van der Waals surface area contributed by atoms with Crippen molar-refractivity contribution in [3.05, 3.63) is 52.7 Å². The minimum Gasteiger partial charge on any atom is -0.452 e. The molecular weight excluding hydrogens is 322 g/mol. The van der Waals surface area contributed by atoms with Crippen molar-refractivity contribution in [2.75, 3.05) is 0 Å². The van der Waals surface area contributed by atoms with Crippen LogP contribution in [0.3, 0.4) is 0 Å². The van der Waals surface area contributed by atoms with Gasteiger partial charge in [-0.3, -0.25) is 0 Å². The van der Waals surface area contributed by atoms with Gasteiger partial charge >= 0.3 is 5.97 Å². The summed E-state index contributed by atoms with van der Waals surface area (Å²) in [5, 5.41) is 7.66. The lowest BCUT2D eigenvalue weighted by Gasteiger charge is -2.04. The number of hydrogen-bond acceptors (Lipinski definition) is 7. The van der Waals surface area contributed by atoms with E-state index in [4.69, 9.17) is 13.8 Å². The zero-order chi connectivity index (χ0) is 18.0. The number of rotatable bonds is 5. The quantitative estimate of drug-likeness (QED) is 0.651. The highest BCUT2D eigenvalue weighted by Crippen LogP contribution is 2.21. The van der Waals surface area contributed by atoms with Crippen molar-refractivity contribution in [3.8, 4) is 11.4 Å². The van der Waals surface area contributed by atoms with Gasteiger partial charge in [-0.15, -0.1) is 0 Å². The molecule has 0 saturated carbocycles. The Hall–Kier alpha value is -2.96. The lowest BCUT2D eigenvalue weighted by atomic mass is 10.0. The van der Waals surface area contributed by atoms with E-state index in [-0.39, 0.29) is 12.5 Å². The zero-order valence-electron chi connectivity index (χ0n) is 14.6. The molecule has 0 aliphatic heterocycles. The van der Waals surface area contributed by atoms with Crippen LogP contribution in [0, 0.1) is 13.8 Å². The second-order valence-electron chi connectivity index (χ2n) is 6.06. The SMILES string of the molecule is Cc1noc(C)c1C(=O)OCc1nc(-c2ccc(C(C)C)cc2)no1. The number of esters is 1. The lowest BCUT2D eigenvalue weighted by Crippen LogP contribution is -2.07. The largest absolute Gasteiger partial charge is 0.452 e. The molecule has 1 aromatic carbocycles. The molecule has 0 aliphatic carbocycles. The Labute approximate surface area is 145 Å². The first-order chi connectivity index (χ1) is 12.0. The Kier molecular flexibility index (Phi) is 4.65. The zero-order valence-corrected chi connectivity index (χ0v) is 14.6. The molecule has 0 bridgehead atoms. The van der Waals surface area contributed by atoms with E-state index in [9.17, 15) is 4.79 Å². The molecule has 0 amide bonds. The van der Waals surface area contributed by atoms with Crippen molar-refractivity contribution in [3.63, 3.8) is 0 Å². The minimum atomic E-state index is -0.530. The summed E-state index contributed by atoms with van der Waals surface area (Å²) in [5.41, 5.74) is 2.89. The first kappa shape index (κ1) is 16.9. The molecule has 0 fully saturated rings. The average molecular weight is 341 g/mol. The van der Waals surface area contributed by atoms with E-state index in [0.29, 0.717) is 28.8 Å². The minimum absolute atomic E-state index is 0.111. The number of aryl methyl sites for hydroxylation is 2. The summed E-state index contributed by atoms with van der Waals surface area (Å²) >= 11 is 0. The van der Waals surface area contributed by atoms with Crippen LogP contribution < -0.4 is 0 Å². The van der Waals surface area contributed by atoms with E-state index in [1.165, 1.54) is 5.56 Å². The van der Waals surface area contributed by atoms with Crippen LogP contribution in [0.1, 0.15) is 53.0 Å². The van der Waals surface area contributed by atoms with Gasteiger partial charge in [-0.25, -0.2) is 4.79 Å². The van der Waals surface area contributed by atoms with Gasteiger partial charge in [0.2, 0.25) is 5.82 Å². The maximum atomic E-state index is 12.1. The van der Waals surface area contributed by atoms with Gasteiger partial charge in [0, 0.05) is 5.56 Å². The topological polar surface area (TPSA) is 91.2 Å². The molecule has 25 heavy (non-hydrogen) atoms. The maximum Gasteiger partial charge on any atom is 0.344 e. The number of aromatic nitrogens is 3. The number of carbonyl (C=O) groups is 1. The predicted molar refractivity (Wildman–Crippen MR) is 88.9 cm³/mol. The molecule has 3 rings (SSSR count). The van der Waals surface area contributed by atoms with Crippen LogP contribution in [-0.2, 0) is 11.3 Å². The normalized spacial score (nSPS) is 11.1.